The molecule has 2 rings (SSSR count). The zero-order chi connectivity index (χ0) is 9.97. The number of thiophene rings is 1. The fraction of sp³-hybridized carbons (Fsp3) is 0.125. The number of carboxylic acids is 1. The van der Waals surface area contributed by atoms with Gasteiger partial charge in [0.15, 0.2) is 5.69 Å². The van der Waals surface area contributed by atoms with Crippen molar-refractivity contribution in [3.63, 3.8) is 0 Å². The first-order chi connectivity index (χ1) is 6.75. The minimum atomic E-state index is -1.05. The van der Waals surface area contributed by atoms with Gasteiger partial charge in [0, 0.05) is 0 Å². The quantitative estimate of drug-likeness (QED) is 0.821. The summed E-state index contributed by atoms with van der Waals surface area (Å²) in [5.74, 6) is -1.05. The fourth-order valence-electron chi connectivity index (χ4n) is 1.04. The molecular formula is C8H7N3O2S. The molecule has 2 aromatic heterocycles. The maximum atomic E-state index is 10.5. The van der Waals surface area contributed by atoms with E-state index in [4.69, 9.17) is 5.11 Å². The smallest absolute Gasteiger partial charge is 0.358 e. The van der Waals surface area contributed by atoms with Gasteiger partial charge in [-0.2, -0.15) is 11.3 Å². The largest absolute Gasteiger partial charge is 0.476 e. The van der Waals surface area contributed by atoms with Crippen molar-refractivity contribution >= 4 is 17.3 Å². The van der Waals surface area contributed by atoms with Crippen LogP contribution in [0.15, 0.2) is 23.0 Å². The molecule has 0 bridgehead atoms. The summed E-state index contributed by atoms with van der Waals surface area (Å²) < 4.78 is 1.51. The lowest BCUT2D eigenvalue weighted by Crippen LogP contribution is -1.99. The number of aromatic carboxylic acids is 1. The normalized spacial score (nSPS) is 10.3. The lowest BCUT2D eigenvalue weighted by molar-refractivity contribution is 0.0690. The van der Waals surface area contributed by atoms with Gasteiger partial charge in [-0.3, -0.25) is 0 Å². The highest BCUT2D eigenvalue weighted by Crippen LogP contribution is 2.07. The Balaban J connectivity index is 2.14. The van der Waals surface area contributed by atoms with Gasteiger partial charge in [0.1, 0.15) is 0 Å². The van der Waals surface area contributed by atoms with Crippen LogP contribution in [-0.2, 0) is 6.54 Å². The number of rotatable bonds is 3. The fourth-order valence-corrected chi connectivity index (χ4v) is 1.70. The minimum Gasteiger partial charge on any atom is -0.476 e. The molecule has 0 atom stereocenters. The average Bonchev–Trinajstić information content (AvgIpc) is 2.75. The van der Waals surface area contributed by atoms with Crippen molar-refractivity contribution in [3.05, 3.63) is 34.3 Å². The summed E-state index contributed by atoms with van der Waals surface area (Å²) in [6.45, 7) is 0.559. The molecule has 0 aromatic carbocycles. The van der Waals surface area contributed by atoms with Crippen molar-refractivity contribution in [1.29, 1.82) is 0 Å². The maximum Gasteiger partial charge on any atom is 0.358 e. The lowest BCUT2D eigenvalue weighted by Gasteiger charge is -1.94. The second-order valence-electron chi connectivity index (χ2n) is 2.74. The van der Waals surface area contributed by atoms with E-state index in [-0.39, 0.29) is 5.69 Å². The monoisotopic (exact) mass is 209 g/mol. The molecule has 0 aliphatic carbocycles. The molecule has 72 valence electrons. The second kappa shape index (κ2) is 3.59. The third-order valence-corrected chi connectivity index (χ3v) is 2.41. The van der Waals surface area contributed by atoms with Crippen molar-refractivity contribution in [1.82, 2.24) is 15.0 Å². The van der Waals surface area contributed by atoms with E-state index in [0.29, 0.717) is 6.54 Å². The molecule has 0 aliphatic rings. The van der Waals surface area contributed by atoms with Gasteiger partial charge in [-0.1, -0.05) is 5.21 Å². The van der Waals surface area contributed by atoms with E-state index in [9.17, 15) is 4.79 Å². The molecule has 0 aliphatic heterocycles. The number of carbonyl (C=O) groups is 1. The summed E-state index contributed by atoms with van der Waals surface area (Å²) in [7, 11) is 0. The number of hydrogen-bond donors (Lipinski definition) is 1. The molecule has 5 nitrogen and oxygen atoms in total. The van der Waals surface area contributed by atoms with Crippen molar-refractivity contribution in [3.8, 4) is 0 Å². The predicted molar refractivity (Wildman–Crippen MR) is 50.4 cm³/mol. The van der Waals surface area contributed by atoms with Crippen molar-refractivity contribution in [2.24, 2.45) is 0 Å². The van der Waals surface area contributed by atoms with Gasteiger partial charge >= 0.3 is 5.97 Å². The van der Waals surface area contributed by atoms with Crippen LogP contribution in [0.2, 0.25) is 0 Å². The first-order valence-corrected chi connectivity index (χ1v) is 4.84. The summed E-state index contributed by atoms with van der Waals surface area (Å²) >= 11 is 1.59. The van der Waals surface area contributed by atoms with Gasteiger partial charge in [-0.05, 0) is 22.4 Å². The van der Waals surface area contributed by atoms with Crippen LogP contribution in [0.1, 0.15) is 16.1 Å². The Hall–Kier alpha value is -1.69. The topological polar surface area (TPSA) is 68.0 Å². The van der Waals surface area contributed by atoms with E-state index in [0.717, 1.165) is 5.56 Å². The van der Waals surface area contributed by atoms with Crippen LogP contribution >= 0.6 is 11.3 Å². The molecule has 0 unspecified atom stereocenters. The third-order valence-electron chi connectivity index (χ3n) is 1.68. The molecule has 1 N–H and O–H groups in total. The van der Waals surface area contributed by atoms with E-state index in [1.165, 1.54) is 10.9 Å². The first kappa shape index (κ1) is 8.89. The number of hydrogen-bond acceptors (Lipinski definition) is 4. The van der Waals surface area contributed by atoms with E-state index < -0.39 is 5.97 Å². The van der Waals surface area contributed by atoms with Gasteiger partial charge in [0.05, 0.1) is 12.7 Å². The Labute approximate surface area is 83.6 Å². The van der Waals surface area contributed by atoms with Crippen LogP contribution < -0.4 is 0 Å². The number of aromatic nitrogens is 3. The van der Waals surface area contributed by atoms with Crippen molar-refractivity contribution < 1.29 is 9.90 Å². The summed E-state index contributed by atoms with van der Waals surface area (Å²) in [6.07, 6.45) is 1.42. The summed E-state index contributed by atoms with van der Waals surface area (Å²) in [5, 5.41) is 19.8. The SMILES string of the molecule is O=C(O)c1cn(Cc2ccsc2)nn1. The highest BCUT2D eigenvalue weighted by molar-refractivity contribution is 7.07. The van der Waals surface area contributed by atoms with Crippen LogP contribution in [-0.4, -0.2) is 26.1 Å². The van der Waals surface area contributed by atoms with Gasteiger partial charge in [-0.25, -0.2) is 9.48 Å². The van der Waals surface area contributed by atoms with E-state index in [2.05, 4.69) is 10.3 Å². The zero-order valence-electron chi connectivity index (χ0n) is 7.12. The van der Waals surface area contributed by atoms with E-state index in [1.807, 2.05) is 16.8 Å². The predicted octanol–water partition coefficient (Wildman–Crippen LogP) is 1.09. The molecule has 2 heterocycles. The molecule has 14 heavy (non-hydrogen) atoms. The second-order valence-corrected chi connectivity index (χ2v) is 3.52. The molecule has 0 spiro atoms. The molecule has 0 fully saturated rings. The molecule has 2 aromatic rings. The Morgan fingerprint density at radius 3 is 3.07 bits per heavy atom. The van der Waals surface area contributed by atoms with Crippen molar-refractivity contribution in [2.45, 2.75) is 6.54 Å². The standard InChI is InChI=1S/C8H7N3O2S/c12-8(13)7-4-11(10-9-7)3-6-1-2-14-5-6/h1-2,4-5H,3H2,(H,12,13). The van der Waals surface area contributed by atoms with Crippen LogP contribution in [0, 0.1) is 0 Å². The molecule has 0 radical (unpaired) electrons. The van der Waals surface area contributed by atoms with Crippen molar-refractivity contribution in [2.75, 3.05) is 0 Å². The Bertz CT molecular complexity index is 435. The molecule has 0 saturated carbocycles. The molecular weight excluding hydrogens is 202 g/mol. The van der Waals surface area contributed by atoms with Crippen LogP contribution in [0.3, 0.4) is 0 Å². The average molecular weight is 209 g/mol. The van der Waals surface area contributed by atoms with Crippen LogP contribution in [0.25, 0.3) is 0 Å². The van der Waals surface area contributed by atoms with Gasteiger partial charge < -0.3 is 5.11 Å². The molecule has 0 amide bonds. The highest BCUT2D eigenvalue weighted by atomic mass is 32.1. The highest BCUT2D eigenvalue weighted by Gasteiger charge is 2.07. The Kier molecular flexibility index (Phi) is 2.28. The minimum absolute atomic E-state index is 0.0276. The summed E-state index contributed by atoms with van der Waals surface area (Å²) in [5.41, 5.74) is 1.07. The Morgan fingerprint density at radius 1 is 1.64 bits per heavy atom. The van der Waals surface area contributed by atoms with E-state index in [1.54, 1.807) is 11.3 Å². The maximum absolute atomic E-state index is 10.5. The number of nitrogens with zero attached hydrogens (tertiary/aromatic N) is 3. The van der Waals surface area contributed by atoms with Crippen LogP contribution in [0.5, 0.6) is 0 Å². The number of carboxylic acid groups (broad SMARTS) is 1. The van der Waals surface area contributed by atoms with Gasteiger partial charge in [0.2, 0.25) is 0 Å². The summed E-state index contributed by atoms with van der Waals surface area (Å²) in [4.78, 5) is 10.5. The summed E-state index contributed by atoms with van der Waals surface area (Å²) in [6, 6.07) is 1.97. The molecule has 6 heteroatoms. The first-order valence-electron chi connectivity index (χ1n) is 3.90. The Morgan fingerprint density at radius 2 is 2.50 bits per heavy atom. The zero-order valence-corrected chi connectivity index (χ0v) is 7.94. The van der Waals surface area contributed by atoms with Crippen LogP contribution in [0.4, 0.5) is 0 Å². The van der Waals surface area contributed by atoms with E-state index >= 15 is 0 Å². The molecule has 0 saturated heterocycles. The van der Waals surface area contributed by atoms with Gasteiger partial charge in [-0.15, -0.1) is 5.10 Å². The van der Waals surface area contributed by atoms with Gasteiger partial charge in [0.25, 0.3) is 0 Å². The lowest BCUT2D eigenvalue weighted by atomic mass is 10.3. The third kappa shape index (κ3) is 1.80.